The molecule has 0 saturated carbocycles. The van der Waals surface area contributed by atoms with E-state index in [2.05, 4.69) is 15.7 Å². The second-order valence-corrected chi connectivity index (χ2v) is 10.2. The Hall–Kier alpha value is -3.35. The van der Waals surface area contributed by atoms with Gasteiger partial charge in [-0.2, -0.15) is 10.4 Å². The first-order chi connectivity index (χ1) is 20.9. The zero-order valence-corrected chi connectivity index (χ0v) is 25.5. The summed E-state index contributed by atoms with van der Waals surface area (Å²) in [6.07, 6.45) is 3.85. The van der Waals surface area contributed by atoms with Crippen LogP contribution in [0.1, 0.15) is 19.5 Å². The van der Waals surface area contributed by atoms with Gasteiger partial charge in [0.05, 0.1) is 77.7 Å². The first-order valence-corrected chi connectivity index (χ1v) is 14.6. The Bertz CT molecular complexity index is 1040. The predicted molar refractivity (Wildman–Crippen MR) is 156 cm³/mol. The molecule has 2 atom stereocenters. The van der Waals surface area contributed by atoms with Gasteiger partial charge < -0.3 is 39.2 Å². The normalized spacial score (nSPS) is 16.8. The van der Waals surface area contributed by atoms with Gasteiger partial charge in [-0.15, -0.1) is 0 Å². The van der Waals surface area contributed by atoms with E-state index in [0.717, 1.165) is 0 Å². The summed E-state index contributed by atoms with van der Waals surface area (Å²) in [7, 11) is 1.76. The maximum absolute atomic E-state index is 13.1. The van der Waals surface area contributed by atoms with Crippen molar-refractivity contribution in [3.8, 4) is 6.07 Å². The molecule has 1 fully saturated rings. The fourth-order valence-corrected chi connectivity index (χ4v) is 4.47. The maximum atomic E-state index is 13.1. The number of aryl methyl sites for hydroxylation is 1. The third kappa shape index (κ3) is 14.1. The lowest BCUT2D eigenvalue weighted by molar-refractivity contribution is -0.127. The minimum atomic E-state index is -0.390. The number of hydrogen-bond acceptors (Lipinski definition) is 10. The Balaban J connectivity index is 1.54. The lowest BCUT2D eigenvalue weighted by atomic mass is 9.85. The lowest BCUT2D eigenvalue weighted by Gasteiger charge is -2.20. The van der Waals surface area contributed by atoms with E-state index in [1.807, 2.05) is 19.9 Å². The van der Waals surface area contributed by atoms with E-state index in [0.29, 0.717) is 97.8 Å². The molecule has 0 spiro atoms. The van der Waals surface area contributed by atoms with E-state index in [-0.39, 0.29) is 41.7 Å². The van der Waals surface area contributed by atoms with Crippen LogP contribution in [0.2, 0.25) is 0 Å². The Morgan fingerprint density at radius 1 is 0.977 bits per heavy atom. The average Bonchev–Trinajstić information content (AvgIpc) is 3.63. The van der Waals surface area contributed by atoms with E-state index >= 15 is 0 Å². The molecule has 0 aliphatic carbocycles. The van der Waals surface area contributed by atoms with E-state index < -0.39 is 0 Å². The summed E-state index contributed by atoms with van der Waals surface area (Å²) in [5, 5.41) is 19.2. The quantitative estimate of drug-likeness (QED) is 0.0750. The maximum Gasteiger partial charge on any atom is 0.264 e. The fourth-order valence-electron chi connectivity index (χ4n) is 4.47. The number of nitriles is 1. The standard InChI is InChI=1S/C29H46N6O8/c1-23(2)26-20-35(29(38)24(19-30)18-25-4-7-34(3)33-25)21-27(26)28(37)32-6-9-40-11-13-42-15-17-43-16-14-41-12-10-39-8-5-31-22-36/h4,7,18,22-23,26-27H,5-6,8-17,20-21H2,1-3H3,(H,31,36)(H,32,37)/b24-18+/t26-,27+/m0/s1. The molecule has 1 aliphatic rings. The molecule has 0 radical (unpaired) electrons. The topological polar surface area (TPSA) is 166 Å². The van der Waals surface area contributed by atoms with Gasteiger partial charge in [0.1, 0.15) is 11.6 Å². The van der Waals surface area contributed by atoms with E-state index in [1.54, 1.807) is 28.9 Å². The van der Waals surface area contributed by atoms with Gasteiger partial charge in [-0.3, -0.25) is 19.1 Å². The van der Waals surface area contributed by atoms with Crippen LogP contribution in [0.3, 0.4) is 0 Å². The van der Waals surface area contributed by atoms with Gasteiger partial charge in [0, 0.05) is 39.4 Å². The number of nitrogens with one attached hydrogen (secondary N) is 2. The molecule has 1 saturated heterocycles. The number of rotatable bonds is 23. The fraction of sp³-hybridized carbons (Fsp3) is 0.690. The molecule has 1 aliphatic heterocycles. The number of aromatic nitrogens is 2. The zero-order valence-electron chi connectivity index (χ0n) is 25.5. The van der Waals surface area contributed by atoms with Crippen LogP contribution in [0.5, 0.6) is 0 Å². The molecule has 0 bridgehead atoms. The second-order valence-electron chi connectivity index (χ2n) is 10.2. The number of carbonyl (C=O) groups excluding carboxylic acids is 3. The van der Waals surface area contributed by atoms with Gasteiger partial charge in [0.2, 0.25) is 12.3 Å². The lowest BCUT2D eigenvalue weighted by Crippen LogP contribution is -2.38. The third-order valence-corrected chi connectivity index (χ3v) is 6.73. The Morgan fingerprint density at radius 2 is 1.53 bits per heavy atom. The molecule has 43 heavy (non-hydrogen) atoms. The number of ether oxygens (including phenoxy) is 5. The summed E-state index contributed by atoms with van der Waals surface area (Å²) in [5.74, 6) is -0.705. The van der Waals surface area contributed by atoms with Gasteiger partial charge >= 0.3 is 0 Å². The molecule has 0 unspecified atom stereocenters. The molecule has 14 heteroatoms. The summed E-state index contributed by atoms with van der Waals surface area (Å²) < 4.78 is 28.7. The number of hydrogen-bond donors (Lipinski definition) is 2. The monoisotopic (exact) mass is 606 g/mol. The molecule has 0 aromatic carbocycles. The van der Waals surface area contributed by atoms with Gasteiger partial charge in [-0.05, 0) is 24.0 Å². The van der Waals surface area contributed by atoms with E-state index in [4.69, 9.17) is 23.7 Å². The van der Waals surface area contributed by atoms with Crippen molar-refractivity contribution < 1.29 is 38.1 Å². The van der Waals surface area contributed by atoms with Crippen LogP contribution in [-0.2, 0) is 45.1 Å². The van der Waals surface area contributed by atoms with Crippen LogP contribution in [0.25, 0.3) is 6.08 Å². The van der Waals surface area contributed by atoms with Gasteiger partial charge in [-0.25, -0.2) is 0 Å². The molecular weight excluding hydrogens is 560 g/mol. The number of carbonyl (C=O) groups is 3. The highest BCUT2D eigenvalue weighted by molar-refractivity contribution is 6.02. The SMILES string of the molecule is CC(C)[C@@H]1CN(C(=O)/C(C#N)=C/c2ccn(C)n2)C[C@H]1C(=O)NCCOCCOCCOCCOCCOCCNC=O. The minimum absolute atomic E-state index is 0.00197. The van der Waals surface area contributed by atoms with Crippen LogP contribution < -0.4 is 10.6 Å². The molecule has 2 rings (SSSR count). The number of nitrogens with zero attached hydrogens (tertiary/aromatic N) is 4. The van der Waals surface area contributed by atoms with Crippen molar-refractivity contribution in [2.24, 2.45) is 24.8 Å². The highest BCUT2D eigenvalue weighted by Crippen LogP contribution is 2.31. The van der Waals surface area contributed by atoms with Crippen molar-refractivity contribution in [1.29, 1.82) is 5.26 Å². The van der Waals surface area contributed by atoms with Crippen molar-refractivity contribution in [1.82, 2.24) is 25.3 Å². The zero-order chi connectivity index (χ0) is 31.3. The smallest absolute Gasteiger partial charge is 0.264 e. The molecule has 1 aromatic rings. The minimum Gasteiger partial charge on any atom is -0.377 e. The average molecular weight is 607 g/mol. The highest BCUT2D eigenvalue weighted by Gasteiger charge is 2.41. The van der Waals surface area contributed by atoms with Gasteiger partial charge in [-0.1, -0.05) is 13.8 Å². The Morgan fingerprint density at radius 3 is 2.02 bits per heavy atom. The van der Waals surface area contributed by atoms with Crippen molar-refractivity contribution in [3.63, 3.8) is 0 Å². The molecule has 14 nitrogen and oxygen atoms in total. The van der Waals surface area contributed by atoms with Crippen molar-refractivity contribution in [2.45, 2.75) is 13.8 Å². The first-order valence-electron chi connectivity index (χ1n) is 14.6. The second kappa shape index (κ2) is 21.4. The van der Waals surface area contributed by atoms with Crippen LogP contribution in [-0.4, -0.2) is 125 Å². The van der Waals surface area contributed by atoms with Crippen molar-refractivity contribution >= 4 is 24.3 Å². The number of likely N-dealkylation sites (tertiary alicyclic amines) is 1. The molecule has 2 heterocycles. The molecular formula is C29H46N6O8. The van der Waals surface area contributed by atoms with Crippen LogP contribution in [0, 0.1) is 29.1 Å². The van der Waals surface area contributed by atoms with Crippen LogP contribution >= 0.6 is 0 Å². The largest absolute Gasteiger partial charge is 0.377 e. The van der Waals surface area contributed by atoms with Gasteiger partial charge in [0.15, 0.2) is 0 Å². The van der Waals surface area contributed by atoms with Crippen LogP contribution in [0.15, 0.2) is 17.8 Å². The summed E-state index contributed by atoms with van der Waals surface area (Å²) >= 11 is 0. The van der Waals surface area contributed by atoms with Crippen molar-refractivity contribution in [3.05, 3.63) is 23.5 Å². The number of amides is 3. The summed E-state index contributed by atoms with van der Waals surface area (Å²) in [4.78, 5) is 37.7. The Labute approximate surface area is 253 Å². The summed E-state index contributed by atoms with van der Waals surface area (Å²) in [5.41, 5.74) is 0.528. The van der Waals surface area contributed by atoms with Gasteiger partial charge in [0.25, 0.3) is 5.91 Å². The molecule has 1 aromatic heterocycles. The Kier molecular flexibility index (Phi) is 17.8. The molecule has 240 valence electrons. The first kappa shape index (κ1) is 35.8. The third-order valence-electron chi connectivity index (χ3n) is 6.73. The summed E-state index contributed by atoms with van der Waals surface area (Å²) in [6, 6.07) is 3.71. The molecule has 2 N–H and O–H groups in total. The van der Waals surface area contributed by atoms with E-state index in [1.165, 1.54) is 6.08 Å². The van der Waals surface area contributed by atoms with Crippen molar-refractivity contribution in [2.75, 3.05) is 92.2 Å². The van der Waals surface area contributed by atoms with Crippen LogP contribution in [0.4, 0.5) is 0 Å². The van der Waals surface area contributed by atoms with E-state index in [9.17, 15) is 19.6 Å². The summed E-state index contributed by atoms with van der Waals surface area (Å²) in [6.45, 7) is 9.88. The highest BCUT2D eigenvalue weighted by atomic mass is 16.6. The predicted octanol–water partition coefficient (Wildman–Crippen LogP) is 0.00288. The molecule has 3 amide bonds.